The standard InChI is InChI=1S/C13H16BrFN2O3S/c1-16(2)13(18)12-4-3-7-17(12)21(19,20)9-5-6-10(14)11(15)8-9/h5-6,8,12H,3-4,7H2,1-2H3. The van der Waals surface area contributed by atoms with Crippen LogP contribution in [0.2, 0.25) is 0 Å². The highest BCUT2D eigenvalue weighted by molar-refractivity contribution is 9.10. The SMILES string of the molecule is CN(C)C(=O)C1CCCN1S(=O)(=O)c1ccc(Br)c(F)c1. The van der Waals surface area contributed by atoms with Gasteiger partial charge in [-0.25, -0.2) is 12.8 Å². The summed E-state index contributed by atoms with van der Waals surface area (Å²) in [5.41, 5.74) is 0. The highest BCUT2D eigenvalue weighted by Gasteiger charge is 2.40. The molecule has 21 heavy (non-hydrogen) atoms. The Morgan fingerprint density at radius 2 is 2.10 bits per heavy atom. The Bertz CT molecular complexity index is 663. The van der Waals surface area contributed by atoms with E-state index in [9.17, 15) is 17.6 Å². The highest BCUT2D eigenvalue weighted by atomic mass is 79.9. The first-order valence-electron chi connectivity index (χ1n) is 6.43. The van der Waals surface area contributed by atoms with Gasteiger partial charge in [-0.15, -0.1) is 0 Å². The molecule has 1 aromatic carbocycles. The van der Waals surface area contributed by atoms with Gasteiger partial charge in [0.25, 0.3) is 0 Å². The van der Waals surface area contributed by atoms with Gasteiger partial charge in [-0.05, 0) is 47.0 Å². The number of sulfonamides is 1. The summed E-state index contributed by atoms with van der Waals surface area (Å²) in [5.74, 6) is -0.903. The molecule has 1 amide bonds. The van der Waals surface area contributed by atoms with E-state index in [2.05, 4.69) is 15.9 Å². The van der Waals surface area contributed by atoms with Crippen LogP contribution in [0.4, 0.5) is 4.39 Å². The van der Waals surface area contributed by atoms with Crippen LogP contribution < -0.4 is 0 Å². The zero-order valence-electron chi connectivity index (χ0n) is 11.7. The number of rotatable bonds is 3. The molecule has 1 aliphatic rings. The van der Waals surface area contributed by atoms with E-state index >= 15 is 0 Å². The van der Waals surface area contributed by atoms with Crippen molar-refractivity contribution >= 4 is 31.9 Å². The van der Waals surface area contributed by atoms with Crippen LogP contribution in [0, 0.1) is 5.82 Å². The van der Waals surface area contributed by atoms with Crippen molar-refractivity contribution in [3.05, 3.63) is 28.5 Å². The van der Waals surface area contributed by atoms with Gasteiger partial charge >= 0.3 is 0 Å². The summed E-state index contributed by atoms with van der Waals surface area (Å²) in [7, 11) is -0.705. The van der Waals surface area contributed by atoms with Crippen LogP contribution in [0.1, 0.15) is 12.8 Å². The highest BCUT2D eigenvalue weighted by Crippen LogP contribution is 2.28. The predicted molar refractivity (Wildman–Crippen MR) is 79.7 cm³/mol. The molecule has 0 bridgehead atoms. The molecule has 0 spiro atoms. The largest absolute Gasteiger partial charge is 0.347 e. The number of carbonyl (C=O) groups excluding carboxylic acids is 1. The minimum atomic E-state index is -3.88. The average molecular weight is 379 g/mol. The molecule has 1 aliphatic heterocycles. The first-order valence-corrected chi connectivity index (χ1v) is 8.66. The quantitative estimate of drug-likeness (QED) is 0.805. The number of benzene rings is 1. The van der Waals surface area contributed by atoms with Crippen molar-refractivity contribution in [1.29, 1.82) is 0 Å². The maximum atomic E-state index is 13.6. The van der Waals surface area contributed by atoms with Crippen molar-refractivity contribution in [2.45, 2.75) is 23.8 Å². The number of hydrogen-bond donors (Lipinski definition) is 0. The summed E-state index contributed by atoms with van der Waals surface area (Å²) >= 11 is 2.99. The van der Waals surface area contributed by atoms with Gasteiger partial charge < -0.3 is 4.90 Å². The molecule has 116 valence electrons. The fraction of sp³-hybridized carbons (Fsp3) is 0.462. The van der Waals surface area contributed by atoms with E-state index < -0.39 is 21.9 Å². The Kier molecular flexibility index (Phi) is 4.69. The Balaban J connectivity index is 2.38. The molecule has 1 unspecified atom stereocenters. The molecule has 8 heteroatoms. The Labute approximate surface area is 131 Å². The second kappa shape index (κ2) is 6.02. The Morgan fingerprint density at radius 1 is 1.43 bits per heavy atom. The average Bonchev–Trinajstić information content (AvgIpc) is 2.90. The van der Waals surface area contributed by atoms with Crippen LogP contribution in [0.25, 0.3) is 0 Å². The summed E-state index contributed by atoms with van der Waals surface area (Å²) in [6.45, 7) is 0.268. The Hall–Kier alpha value is -0.990. The van der Waals surface area contributed by atoms with E-state index in [4.69, 9.17) is 0 Å². The van der Waals surface area contributed by atoms with Gasteiger partial charge in [0.1, 0.15) is 11.9 Å². The van der Waals surface area contributed by atoms with Crippen LogP contribution in [0.5, 0.6) is 0 Å². The van der Waals surface area contributed by atoms with E-state index in [1.54, 1.807) is 14.1 Å². The van der Waals surface area contributed by atoms with Gasteiger partial charge in [-0.1, -0.05) is 0 Å². The second-order valence-electron chi connectivity index (χ2n) is 5.08. The summed E-state index contributed by atoms with van der Waals surface area (Å²) in [5, 5.41) is 0. The van der Waals surface area contributed by atoms with Crippen LogP contribution >= 0.6 is 15.9 Å². The fourth-order valence-corrected chi connectivity index (χ4v) is 4.26. The van der Waals surface area contributed by atoms with E-state index in [1.807, 2.05) is 0 Å². The number of hydrogen-bond acceptors (Lipinski definition) is 3. The maximum absolute atomic E-state index is 13.6. The molecule has 1 aromatic rings. The smallest absolute Gasteiger partial charge is 0.243 e. The predicted octanol–water partition coefficient (Wildman–Crippen LogP) is 1.83. The number of nitrogens with zero attached hydrogens (tertiary/aromatic N) is 2. The summed E-state index contributed by atoms with van der Waals surface area (Å²) in [4.78, 5) is 13.3. The molecule has 1 heterocycles. The lowest BCUT2D eigenvalue weighted by Gasteiger charge is -2.25. The Morgan fingerprint density at radius 3 is 2.67 bits per heavy atom. The zero-order valence-corrected chi connectivity index (χ0v) is 14.1. The first kappa shape index (κ1) is 16.4. The number of halogens is 2. The third-order valence-electron chi connectivity index (χ3n) is 3.43. The van der Waals surface area contributed by atoms with Crippen molar-refractivity contribution in [2.24, 2.45) is 0 Å². The van der Waals surface area contributed by atoms with Gasteiger partial charge in [-0.2, -0.15) is 4.31 Å². The minimum absolute atomic E-state index is 0.137. The molecule has 0 aromatic heterocycles. The molecule has 0 radical (unpaired) electrons. The lowest BCUT2D eigenvalue weighted by molar-refractivity contribution is -0.132. The normalized spacial score (nSPS) is 19.7. The molecule has 0 aliphatic carbocycles. The van der Waals surface area contributed by atoms with E-state index in [0.29, 0.717) is 12.8 Å². The van der Waals surface area contributed by atoms with Crippen LogP contribution in [0.15, 0.2) is 27.6 Å². The second-order valence-corrected chi connectivity index (χ2v) is 7.83. The van der Waals surface area contributed by atoms with Gasteiger partial charge in [0.15, 0.2) is 0 Å². The molecular formula is C13H16BrFN2O3S. The van der Waals surface area contributed by atoms with Crippen LogP contribution in [0.3, 0.4) is 0 Å². The fourth-order valence-electron chi connectivity index (χ4n) is 2.35. The zero-order chi connectivity index (χ0) is 15.8. The molecule has 1 fully saturated rings. The van der Waals surface area contributed by atoms with E-state index in [-0.39, 0.29) is 21.8 Å². The molecule has 0 N–H and O–H groups in total. The van der Waals surface area contributed by atoms with E-state index in [0.717, 1.165) is 10.4 Å². The van der Waals surface area contributed by atoms with Gasteiger partial charge in [0.05, 0.1) is 9.37 Å². The van der Waals surface area contributed by atoms with Gasteiger partial charge in [0, 0.05) is 20.6 Å². The number of carbonyl (C=O) groups is 1. The monoisotopic (exact) mass is 378 g/mol. The maximum Gasteiger partial charge on any atom is 0.243 e. The van der Waals surface area contributed by atoms with Crippen molar-refractivity contribution in [3.8, 4) is 0 Å². The molecule has 1 atom stereocenters. The molecule has 0 saturated carbocycles. The first-order chi connectivity index (χ1) is 9.75. The summed E-state index contributed by atoms with van der Waals surface area (Å²) in [6, 6.07) is 2.94. The third kappa shape index (κ3) is 3.12. The lowest BCUT2D eigenvalue weighted by atomic mass is 10.2. The molecule has 5 nitrogen and oxygen atoms in total. The van der Waals surface area contributed by atoms with Crippen LogP contribution in [-0.2, 0) is 14.8 Å². The summed E-state index contributed by atoms with van der Waals surface area (Å²) < 4.78 is 40.2. The van der Waals surface area contributed by atoms with Gasteiger partial charge in [0.2, 0.25) is 15.9 Å². The van der Waals surface area contributed by atoms with Crippen molar-refractivity contribution < 1.29 is 17.6 Å². The number of amides is 1. The van der Waals surface area contributed by atoms with Crippen molar-refractivity contribution in [3.63, 3.8) is 0 Å². The molecule has 2 rings (SSSR count). The minimum Gasteiger partial charge on any atom is -0.347 e. The lowest BCUT2D eigenvalue weighted by Crippen LogP contribution is -2.45. The summed E-state index contributed by atoms with van der Waals surface area (Å²) in [6.07, 6.45) is 1.09. The molecular weight excluding hydrogens is 363 g/mol. The molecule has 1 saturated heterocycles. The van der Waals surface area contributed by atoms with Gasteiger partial charge in [-0.3, -0.25) is 4.79 Å². The van der Waals surface area contributed by atoms with Crippen molar-refractivity contribution in [1.82, 2.24) is 9.21 Å². The van der Waals surface area contributed by atoms with E-state index in [1.165, 1.54) is 17.0 Å². The topological polar surface area (TPSA) is 57.7 Å². The van der Waals surface area contributed by atoms with Crippen molar-refractivity contribution in [2.75, 3.05) is 20.6 Å². The third-order valence-corrected chi connectivity index (χ3v) is 5.97. The van der Waals surface area contributed by atoms with Crippen LogP contribution in [-0.4, -0.2) is 50.2 Å². The number of likely N-dealkylation sites (N-methyl/N-ethyl adjacent to an activating group) is 1.